The number of carbonyl (C=O) groups is 3. The number of phenolic OH excluding ortho intramolecular Hbond substituents is 1. The molecule has 0 spiro atoms. The fourth-order valence-corrected chi connectivity index (χ4v) is 8.12. The predicted molar refractivity (Wildman–Crippen MR) is 178 cm³/mol. The monoisotopic (exact) mass is 641 g/mol. The molecule has 2 aromatic rings. The second-order valence-electron chi connectivity index (χ2n) is 13.9. The summed E-state index contributed by atoms with van der Waals surface area (Å²) in [5, 5.41) is 49.5. The average Bonchev–Trinajstić information content (AvgIpc) is 2.98. The van der Waals surface area contributed by atoms with Crippen LogP contribution in [0.2, 0.25) is 0 Å². The lowest BCUT2D eigenvalue weighted by atomic mass is 9.47. The molecule has 0 aromatic heterocycles. The molecular weight excluding hydrogens is 598 g/mol. The number of Topliss-reactive ketones (excluding diaryl/α,β-unsaturated/α-hetero) is 2. The minimum absolute atomic E-state index is 0.0207. The summed E-state index contributed by atoms with van der Waals surface area (Å²) in [6, 6.07) is 12.2. The van der Waals surface area contributed by atoms with E-state index in [0.29, 0.717) is 12.1 Å². The van der Waals surface area contributed by atoms with Crippen LogP contribution in [0.15, 0.2) is 82.9 Å². The number of allylic oxidation sites excluding steroid dienone is 4. The molecule has 10 heteroatoms. The number of hydrogen-bond donors (Lipinski definition) is 6. The first kappa shape index (κ1) is 33.8. The number of fused-ring (bicyclic) bond motifs is 3. The van der Waals surface area contributed by atoms with E-state index in [2.05, 4.69) is 17.4 Å². The number of nitrogens with two attached hydrogens (primary N) is 1. The van der Waals surface area contributed by atoms with Crippen LogP contribution in [-0.4, -0.2) is 75.1 Å². The van der Waals surface area contributed by atoms with Crippen molar-refractivity contribution in [2.45, 2.75) is 58.7 Å². The maximum Gasteiger partial charge on any atom is 0.255 e. The summed E-state index contributed by atoms with van der Waals surface area (Å²) in [7, 11) is 3.22. The van der Waals surface area contributed by atoms with Crippen LogP contribution < -0.4 is 11.1 Å². The Hall–Kier alpha value is -4.51. The highest BCUT2D eigenvalue weighted by Gasteiger charge is 2.71. The number of carbonyl (C=O) groups excluding carboxylic acids is 3. The lowest BCUT2D eigenvalue weighted by Crippen LogP contribution is -2.70. The number of likely N-dealkylation sites (N-methyl/N-ethyl adjacent to an activating group) is 1. The van der Waals surface area contributed by atoms with Gasteiger partial charge in [0.05, 0.1) is 11.6 Å². The molecule has 0 saturated carbocycles. The van der Waals surface area contributed by atoms with E-state index in [1.165, 1.54) is 11.6 Å². The molecule has 0 heterocycles. The minimum Gasteiger partial charge on any atom is -0.510 e. The third-order valence-corrected chi connectivity index (χ3v) is 10.1. The second kappa shape index (κ2) is 11.9. The van der Waals surface area contributed by atoms with Gasteiger partial charge in [0.2, 0.25) is 5.78 Å². The highest BCUT2D eigenvalue weighted by atomic mass is 16.4. The van der Waals surface area contributed by atoms with Gasteiger partial charge in [0.25, 0.3) is 5.91 Å². The molecule has 248 valence electrons. The molecule has 0 saturated heterocycles. The van der Waals surface area contributed by atoms with Gasteiger partial charge in [0.15, 0.2) is 11.4 Å². The molecule has 0 fully saturated rings. The summed E-state index contributed by atoms with van der Waals surface area (Å²) in [4.78, 5) is 41.9. The molecule has 1 amide bonds. The molecule has 1 unspecified atom stereocenters. The first-order valence-electron chi connectivity index (χ1n) is 15.6. The van der Waals surface area contributed by atoms with Gasteiger partial charge in [-0.3, -0.25) is 19.3 Å². The van der Waals surface area contributed by atoms with Crippen molar-refractivity contribution in [1.82, 2.24) is 10.2 Å². The van der Waals surface area contributed by atoms with Crippen LogP contribution in [0.5, 0.6) is 5.75 Å². The van der Waals surface area contributed by atoms with Gasteiger partial charge in [-0.05, 0) is 69.1 Å². The minimum atomic E-state index is -2.75. The van der Waals surface area contributed by atoms with E-state index in [4.69, 9.17) is 5.73 Å². The number of benzene rings is 2. The number of aliphatic hydroxyl groups is 3. The van der Waals surface area contributed by atoms with Gasteiger partial charge < -0.3 is 31.5 Å². The number of aliphatic hydroxyl groups excluding tert-OH is 2. The maximum absolute atomic E-state index is 14.3. The average molecular weight is 642 g/mol. The largest absolute Gasteiger partial charge is 0.510 e. The van der Waals surface area contributed by atoms with Gasteiger partial charge in [-0.1, -0.05) is 68.0 Å². The van der Waals surface area contributed by atoms with Gasteiger partial charge in [-0.2, -0.15) is 0 Å². The number of nitrogens with zero attached hydrogens (tertiary/aromatic N) is 1. The normalized spacial score (nSPS) is 28.0. The Kier molecular flexibility index (Phi) is 8.59. The number of rotatable bonds is 8. The topological polar surface area (TPSA) is 173 Å². The van der Waals surface area contributed by atoms with Gasteiger partial charge in [0.1, 0.15) is 22.8 Å². The zero-order chi connectivity index (χ0) is 34.6. The van der Waals surface area contributed by atoms with Crippen molar-refractivity contribution in [2.75, 3.05) is 20.6 Å². The highest BCUT2D eigenvalue weighted by Crippen LogP contribution is 2.63. The molecule has 3 aliphatic rings. The Morgan fingerprint density at radius 3 is 2.32 bits per heavy atom. The summed E-state index contributed by atoms with van der Waals surface area (Å²) in [5.74, 6) is -5.05. The van der Waals surface area contributed by atoms with Gasteiger partial charge >= 0.3 is 0 Å². The number of hydrogen-bond acceptors (Lipinski definition) is 9. The van der Waals surface area contributed by atoms with E-state index in [0.717, 1.165) is 23.3 Å². The van der Waals surface area contributed by atoms with Crippen molar-refractivity contribution in [1.29, 1.82) is 0 Å². The van der Waals surface area contributed by atoms with E-state index in [1.54, 1.807) is 38.9 Å². The summed E-state index contributed by atoms with van der Waals surface area (Å²) < 4.78 is 0. The van der Waals surface area contributed by atoms with Crippen molar-refractivity contribution in [3.05, 3.63) is 105 Å². The van der Waals surface area contributed by atoms with Crippen molar-refractivity contribution in [2.24, 2.45) is 16.6 Å². The molecule has 0 radical (unpaired) electrons. The smallest absolute Gasteiger partial charge is 0.255 e. The van der Waals surface area contributed by atoms with E-state index >= 15 is 0 Å². The molecule has 0 aliphatic heterocycles. The lowest BCUT2D eigenvalue weighted by molar-refractivity contribution is -0.169. The first-order valence-corrected chi connectivity index (χ1v) is 15.6. The van der Waals surface area contributed by atoms with Crippen molar-refractivity contribution < 1.29 is 34.8 Å². The van der Waals surface area contributed by atoms with E-state index in [-0.39, 0.29) is 29.7 Å². The summed E-state index contributed by atoms with van der Waals surface area (Å²) in [5.41, 5.74) is 3.36. The standard InChI is InChI=1S/C37H43N3O7/c1-20(17-39-18-22-10-8-7-9-11-22)12-13-21(2)23-14-15-25(41)26-24(23)16-35(3)19-36(4)31(40(5)6)30(43)27(34(38)46)32(44)37(36,47)33(45)28(35)29(26)42/h7-15,31,39,41,43,45,47H,16-19H2,1-6H3,(H2,38,46)/b20-12+,21-13+/t31?,35-,36-,37+/m0/s1. The zero-order valence-electron chi connectivity index (χ0n) is 27.6. The lowest BCUT2D eigenvalue weighted by Gasteiger charge is -2.59. The van der Waals surface area contributed by atoms with E-state index in [1.807, 2.05) is 44.2 Å². The molecule has 47 heavy (non-hydrogen) atoms. The molecule has 5 rings (SSSR count). The second-order valence-corrected chi connectivity index (χ2v) is 13.9. The number of nitrogens with one attached hydrogen (secondary N) is 1. The number of aromatic hydroxyl groups is 1. The number of primary amides is 1. The zero-order valence-corrected chi connectivity index (χ0v) is 27.6. The Bertz CT molecular complexity index is 1800. The summed E-state index contributed by atoms with van der Waals surface area (Å²) >= 11 is 0. The molecule has 10 nitrogen and oxygen atoms in total. The number of amides is 1. The fourth-order valence-electron chi connectivity index (χ4n) is 8.12. The first-order chi connectivity index (χ1) is 22.0. The van der Waals surface area contributed by atoms with Crippen LogP contribution >= 0.6 is 0 Å². The molecule has 7 N–H and O–H groups in total. The summed E-state index contributed by atoms with van der Waals surface area (Å²) in [6.45, 7) is 8.65. The quantitative estimate of drug-likeness (QED) is 0.184. The Labute approximate surface area is 274 Å². The van der Waals surface area contributed by atoms with Gasteiger partial charge in [-0.15, -0.1) is 0 Å². The van der Waals surface area contributed by atoms with E-state index < -0.39 is 57.0 Å². The van der Waals surface area contributed by atoms with Crippen molar-refractivity contribution in [3.63, 3.8) is 0 Å². The van der Waals surface area contributed by atoms with Crippen molar-refractivity contribution >= 4 is 23.0 Å². The number of phenols is 1. The Morgan fingerprint density at radius 1 is 1.04 bits per heavy atom. The van der Waals surface area contributed by atoms with Crippen LogP contribution in [-0.2, 0) is 22.6 Å². The summed E-state index contributed by atoms with van der Waals surface area (Å²) in [6.07, 6.45) is 4.10. The van der Waals surface area contributed by atoms with Crippen LogP contribution in [0.25, 0.3) is 5.57 Å². The SMILES string of the molecule is C/C(=C\C=C(/C)c1ccc(O)c2c1C[C@@]1(C)C[C@@]3(C)C(N(C)C)C(O)=C(C(N)=O)C(=O)[C@@]3(O)C(O)=C1C2=O)CNCc1ccccc1. The van der Waals surface area contributed by atoms with Crippen LogP contribution in [0.3, 0.4) is 0 Å². The molecular formula is C37H43N3O7. The highest BCUT2D eigenvalue weighted by molar-refractivity contribution is 6.25. The van der Waals surface area contributed by atoms with Gasteiger partial charge in [-0.25, -0.2) is 0 Å². The third kappa shape index (κ3) is 5.21. The van der Waals surface area contributed by atoms with E-state index in [9.17, 15) is 34.8 Å². The van der Waals surface area contributed by atoms with Gasteiger partial charge in [0, 0.05) is 29.5 Å². The molecule has 3 aliphatic carbocycles. The maximum atomic E-state index is 14.3. The third-order valence-electron chi connectivity index (χ3n) is 10.1. The Balaban J connectivity index is 1.57. The van der Waals surface area contributed by atoms with Crippen LogP contribution in [0.1, 0.15) is 61.2 Å². The van der Waals surface area contributed by atoms with Crippen molar-refractivity contribution in [3.8, 4) is 5.75 Å². The predicted octanol–water partition coefficient (Wildman–Crippen LogP) is 4.04. The molecule has 4 atom stereocenters. The molecule has 2 aromatic carbocycles. The molecule has 0 bridgehead atoms. The van der Waals surface area contributed by atoms with Crippen LogP contribution in [0.4, 0.5) is 0 Å². The van der Waals surface area contributed by atoms with Crippen LogP contribution in [0, 0.1) is 10.8 Å². The number of ketones is 2. The fraction of sp³-hybridized carbons (Fsp3) is 0.378. The Morgan fingerprint density at radius 2 is 1.70 bits per heavy atom.